The lowest BCUT2D eigenvalue weighted by atomic mass is 10.2. The number of anilines is 1. The van der Waals surface area contributed by atoms with Crippen LogP contribution in [-0.4, -0.2) is 28.7 Å². The zero-order valence-corrected chi connectivity index (χ0v) is 9.92. The molecule has 0 bridgehead atoms. The zero-order chi connectivity index (χ0) is 12.3. The monoisotopic (exact) mass is 233 g/mol. The highest BCUT2D eigenvalue weighted by molar-refractivity contribution is 5.54. The van der Waals surface area contributed by atoms with E-state index in [-0.39, 0.29) is 0 Å². The molecule has 0 spiro atoms. The second kappa shape index (κ2) is 4.92. The highest BCUT2D eigenvalue weighted by Crippen LogP contribution is 2.19. The summed E-state index contributed by atoms with van der Waals surface area (Å²) in [4.78, 5) is 10.3. The van der Waals surface area contributed by atoms with Crippen LogP contribution in [0.5, 0.6) is 0 Å². The summed E-state index contributed by atoms with van der Waals surface area (Å²) in [6, 6.07) is 3.67. The van der Waals surface area contributed by atoms with Crippen LogP contribution in [0.15, 0.2) is 22.9 Å². The van der Waals surface area contributed by atoms with Crippen molar-refractivity contribution in [2.75, 3.05) is 18.5 Å². The molecule has 0 saturated carbocycles. The van der Waals surface area contributed by atoms with E-state index in [0.717, 1.165) is 17.8 Å². The Morgan fingerprint density at radius 2 is 2.29 bits per heavy atom. The smallest absolute Gasteiger partial charge is 0.266 e. The van der Waals surface area contributed by atoms with Crippen LogP contribution < -0.4 is 10.6 Å². The lowest BCUT2D eigenvalue weighted by molar-refractivity contribution is 0.430. The van der Waals surface area contributed by atoms with E-state index in [1.807, 2.05) is 31.0 Å². The van der Waals surface area contributed by atoms with Crippen LogP contribution in [-0.2, 0) is 6.54 Å². The largest absolute Gasteiger partial charge is 0.342 e. The van der Waals surface area contributed by atoms with Gasteiger partial charge in [-0.2, -0.15) is 4.98 Å². The molecule has 0 atom stereocenters. The normalized spacial score (nSPS) is 10.5. The second-order valence-corrected chi connectivity index (χ2v) is 3.65. The van der Waals surface area contributed by atoms with Gasteiger partial charge < -0.3 is 15.2 Å². The Labute approximate surface area is 99.5 Å². The molecule has 0 aromatic carbocycles. The van der Waals surface area contributed by atoms with Crippen LogP contribution in [0.2, 0.25) is 0 Å². The molecule has 0 radical (unpaired) electrons. The third-order valence-corrected chi connectivity index (χ3v) is 2.50. The minimum atomic E-state index is 0.393. The van der Waals surface area contributed by atoms with E-state index in [2.05, 4.69) is 15.1 Å². The van der Waals surface area contributed by atoms with Crippen LogP contribution in [0.3, 0.4) is 0 Å². The first kappa shape index (κ1) is 11.5. The molecule has 0 fully saturated rings. The van der Waals surface area contributed by atoms with Gasteiger partial charge in [-0.1, -0.05) is 0 Å². The molecule has 2 aromatic heterocycles. The number of nitrogens with zero attached hydrogens (tertiary/aromatic N) is 4. The van der Waals surface area contributed by atoms with Crippen molar-refractivity contribution < 1.29 is 4.52 Å². The first-order valence-corrected chi connectivity index (χ1v) is 5.44. The molecule has 90 valence electrons. The van der Waals surface area contributed by atoms with E-state index >= 15 is 0 Å². The van der Waals surface area contributed by atoms with E-state index in [4.69, 9.17) is 10.3 Å². The van der Waals surface area contributed by atoms with Crippen LogP contribution in [0.1, 0.15) is 12.6 Å². The van der Waals surface area contributed by atoms with Gasteiger partial charge >= 0.3 is 0 Å². The van der Waals surface area contributed by atoms with Crippen molar-refractivity contribution in [3.63, 3.8) is 0 Å². The van der Waals surface area contributed by atoms with Gasteiger partial charge in [-0.05, 0) is 24.2 Å². The average Bonchev–Trinajstić information content (AvgIpc) is 2.87. The summed E-state index contributed by atoms with van der Waals surface area (Å²) in [7, 11) is 1.91. The Morgan fingerprint density at radius 1 is 1.47 bits per heavy atom. The number of hydrogen-bond acceptors (Lipinski definition) is 6. The van der Waals surface area contributed by atoms with Crippen molar-refractivity contribution in [1.82, 2.24) is 15.1 Å². The van der Waals surface area contributed by atoms with Crippen LogP contribution in [0.25, 0.3) is 11.5 Å². The Kier molecular flexibility index (Phi) is 3.34. The molecule has 2 aromatic rings. The third-order valence-electron chi connectivity index (χ3n) is 2.50. The second-order valence-electron chi connectivity index (χ2n) is 3.65. The molecule has 2 rings (SSSR count). The highest BCUT2D eigenvalue weighted by atomic mass is 16.5. The fourth-order valence-corrected chi connectivity index (χ4v) is 1.35. The molecular formula is C11H15N5O. The molecule has 0 unspecified atom stereocenters. The topological polar surface area (TPSA) is 81.1 Å². The molecule has 17 heavy (non-hydrogen) atoms. The summed E-state index contributed by atoms with van der Waals surface area (Å²) in [6.45, 7) is 3.24. The molecule has 6 nitrogen and oxygen atoms in total. The minimum Gasteiger partial charge on any atom is -0.342 e. The number of nitrogens with two attached hydrogens (primary N) is 1. The van der Waals surface area contributed by atoms with Gasteiger partial charge in [0, 0.05) is 31.9 Å². The number of aromatic nitrogens is 3. The molecule has 0 aliphatic rings. The van der Waals surface area contributed by atoms with Gasteiger partial charge in [0.15, 0.2) is 0 Å². The quantitative estimate of drug-likeness (QED) is 0.850. The van der Waals surface area contributed by atoms with Gasteiger partial charge in [0.2, 0.25) is 0 Å². The van der Waals surface area contributed by atoms with Crippen molar-refractivity contribution in [3.8, 4) is 11.5 Å². The summed E-state index contributed by atoms with van der Waals surface area (Å²) < 4.78 is 5.20. The van der Waals surface area contributed by atoms with Crippen molar-refractivity contribution >= 4 is 5.95 Å². The maximum absolute atomic E-state index is 5.53. The van der Waals surface area contributed by atoms with Gasteiger partial charge in [0.25, 0.3) is 11.8 Å². The first-order valence-electron chi connectivity index (χ1n) is 5.44. The first-order chi connectivity index (χ1) is 8.24. The molecule has 2 heterocycles. The molecule has 6 heteroatoms. The van der Waals surface area contributed by atoms with Gasteiger partial charge in [-0.15, -0.1) is 0 Å². The van der Waals surface area contributed by atoms with Crippen molar-refractivity contribution in [3.05, 3.63) is 24.0 Å². The average molecular weight is 233 g/mol. The Balaban J connectivity index is 2.30. The predicted molar refractivity (Wildman–Crippen MR) is 64.4 cm³/mol. The van der Waals surface area contributed by atoms with E-state index in [9.17, 15) is 0 Å². The van der Waals surface area contributed by atoms with Gasteiger partial charge in [0.05, 0.1) is 5.69 Å². The van der Waals surface area contributed by atoms with Crippen LogP contribution >= 0.6 is 0 Å². The lowest BCUT2D eigenvalue weighted by Gasteiger charge is -2.08. The van der Waals surface area contributed by atoms with Crippen LogP contribution in [0, 0.1) is 0 Å². The highest BCUT2D eigenvalue weighted by Gasteiger charge is 2.11. The summed E-state index contributed by atoms with van der Waals surface area (Å²) >= 11 is 0. The zero-order valence-electron chi connectivity index (χ0n) is 9.92. The maximum Gasteiger partial charge on any atom is 0.266 e. The molecule has 0 aliphatic carbocycles. The van der Waals surface area contributed by atoms with Crippen molar-refractivity contribution in [1.29, 1.82) is 0 Å². The Morgan fingerprint density at radius 3 is 3.00 bits per heavy atom. The number of pyridine rings is 1. The predicted octanol–water partition coefficient (Wildman–Crippen LogP) is 1.05. The minimum absolute atomic E-state index is 0.393. The Bertz CT molecular complexity index is 496. The summed E-state index contributed by atoms with van der Waals surface area (Å²) in [5, 5.41) is 3.91. The summed E-state index contributed by atoms with van der Waals surface area (Å²) in [6.07, 6.45) is 1.69. The van der Waals surface area contributed by atoms with E-state index in [0.29, 0.717) is 18.4 Å². The standard InChI is InChI=1S/C11H15N5O/c1-3-16(2)11-14-10(17-15-11)8-4-5-13-9(6-8)7-12/h4-6H,3,7,12H2,1-2H3. The molecule has 0 saturated heterocycles. The van der Waals surface area contributed by atoms with Crippen molar-refractivity contribution in [2.45, 2.75) is 13.5 Å². The van der Waals surface area contributed by atoms with Gasteiger partial charge in [-0.3, -0.25) is 4.98 Å². The summed E-state index contributed by atoms with van der Waals surface area (Å²) in [5.74, 6) is 1.06. The molecule has 0 amide bonds. The molecule has 0 aliphatic heterocycles. The van der Waals surface area contributed by atoms with Gasteiger partial charge in [0.1, 0.15) is 0 Å². The fraction of sp³-hybridized carbons (Fsp3) is 0.364. The van der Waals surface area contributed by atoms with Crippen molar-refractivity contribution in [2.24, 2.45) is 5.73 Å². The maximum atomic E-state index is 5.53. The van der Waals surface area contributed by atoms with Gasteiger partial charge in [-0.25, -0.2) is 0 Å². The molecule has 2 N–H and O–H groups in total. The lowest BCUT2D eigenvalue weighted by Crippen LogP contribution is -2.16. The van der Waals surface area contributed by atoms with E-state index < -0.39 is 0 Å². The third kappa shape index (κ3) is 2.42. The number of hydrogen-bond donors (Lipinski definition) is 1. The van der Waals surface area contributed by atoms with E-state index in [1.54, 1.807) is 6.20 Å². The Hall–Kier alpha value is -1.95. The SMILES string of the molecule is CCN(C)c1noc(-c2ccnc(CN)c2)n1. The fourth-order valence-electron chi connectivity index (χ4n) is 1.35. The number of rotatable bonds is 4. The van der Waals surface area contributed by atoms with E-state index in [1.165, 1.54) is 0 Å². The molecular weight excluding hydrogens is 218 g/mol. The summed E-state index contributed by atoms with van der Waals surface area (Å²) in [5.41, 5.74) is 7.17. The van der Waals surface area contributed by atoms with Crippen LogP contribution in [0.4, 0.5) is 5.95 Å².